The normalized spacial score (nSPS) is 11.2. The molecule has 3 heterocycles. The minimum absolute atomic E-state index is 0.243. The molecule has 32 heavy (non-hydrogen) atoms. The molecule has 0 saturated carbocycles. The van der Waals surface area contributed by atoms with Gasteiger partial charge in [-0.15, -0.1) is 0 Å². The maximum absolute atomic E-state index is 14.0. The molecule has 0 fully saturated rings. The fourth-order valence-corrected chi connectivity index (χ4v) is 3.61. The molecule has 1 N–H and O–H groups in total. The number of nitrogens with one attached hydrogen (secondary N) is 1. The average molecular weight is 431 g/mol. The lowest BCUT2D eigenvalue weighted by molar-refractivity contribution is -0.116. The quantitative estimate of drug-likeness (QED) is 0.471. The van der Waals surface area contributed by atoms with Gasteiger partial charge in [-0.1, -0.05) is 12.1 Å². The van der Waals surface area contributed by atoms with Crippen molar-refractivity contribution < 1.29 is 13.6 Å². The van der Waals surface area contributed by atoms with Gasteiger partial charge in [-0.25, -0.2) is 18.2 Å². The minimum atomic E-state index is -0.754. The van der Waals surface area contributed by atoms with Crippen LogP contribution in [0.3, 0.4) is 0 Å². The zero-order chi connectivity index (χ0) is 22.2. The lowest BCUT2D eigenvalue weighted by Crippen LogP contribution is -2.21. The summed E-state index contributed by atoms with van der Waals surface area (Å²) in [4.78, 5) is 34.3. The zero-order valence-corrected chi connectivity index (χ0v) is 16.5. The number of aromatic nitrogens is 4. The van der Waals surface area contributed by atoms with Crippen molar-refractivity contribution in [2.75, 3.05) is 5.32 Å². The van der Waals surface area contributed by atoms with Crippen LogP contribution in [0, 0.1) is 11.6 Å². The number of carbonyl (C=O) groups excluding carboxylic acids is 1. The molecule has 0 saturated heterocycles. The highest BCUT2D eigenvalue weighted by Gasteiger charge is 2.18. The number of hydrogen-bond donors (Lipinski definition) is 1. The molecule has 7 nitrogen and oxygen atoms in total. The zero-order valence-electron chi connectivity index (χ0n) is 16.5. The van der Waals surface area contributed by atoms with Gasteiger partial charge in [-0.3, -0.25) is 14.6 Å². The van der Waals surface area contributed by atoms with Crippen LogP contribution in [-0.4, -0.2) is 24.8 Å². The van der Waals surface area contributed by atoms with Gasteiger partial charge in [0.05, 0.1) is 22.4 Å². The molecule has 3 aromatic heterocycles. The third kappa shape index (κ3) is 3.39. The Morgan fingerprint density at radius 1 is 1.00 bits per heavy atom. The third-order valence-electron chi connectivity index (χ3n) is 5.02. The van der Waals surface area contributed by atoms with Crippen molar-refractivity contribution in [1.82, 2.24) is 18.9 Å². The van der Waals surface area contributed by atoms with E-state index in [9.17, 15) is 18.4 Å². The average Bonchev–Trinajstić information content (AvgIpc) is 3.11. The van der Waals surface area contributed by atoms with Crippen LogP contribution in [0.5, 0.6) is 0 Å². The largest absolute Gasteiger partial charge is 0.322 e. The maximum Gasteiger partial charge on any atom is 0.260 e. The van der Waals surface area contributed by atoms with Crippen molar-refractivity contribution in [2.45, 2.75) is 6.54 Å². The van der Waals surface area contributed by atoms with E-state index in [1.807, 2.05) is 0 Å². The summed E-state index contributed by atoms with van der Waals surface area (Å²) in [6.45, 7) is -0.268. The summed E-state index contributed by atoms with van der Waals surface area (Å²) in [5.74, 6) is -1.78. The van der Waals surface area contributed by atoms with E-state index in [1.54, 1.807) is 53.4 Å². The predicted molar refractivity (Wildman–Crippen MR) is 115 cm³/mol. The van der Waals surface area contributed by atoms with E-state index in [1.165, 1.54) is 10.5 Å². The SMILES string of the molecule is O=C(Cn1c2ccccc2n2c(=O)cc(-c3cccnc3)nc12)Nc1cc(F)ccc1F. The number of fused-ring (bicyclic) bond motifs is 3. The van der Waals surface area contributed by atoms with Crippen molar-refractivity contribution >= 4 is 28.4 Å². The molecule has 0 bridgehead atoms. The van der Waals surface area contributed by atoms with Crippen LogP contribution < -0.4 is 10.9 Å². The van der Waals surface area contributed by atoms with Crippen molar-refractivity contribution in [1.29, 1.82) is 0 Å². The van der Waals surface area contributed by atoms with E-state index in [0.29, 0.717) is 22.3 Å². The molecule has 0 radical (unpaired) electrons. The summed E-state index contributed by atoms with van der Waals surface area (Å²) in [7, 11) is 0. The first-order valence-electron chi connectivity index (χ1n) is 9.67. The van der Waals surface area contributed by atoms with Crippen LogP contribution in [-0.2, 0) is 11.3 Å². The molecular weight excluding hydrogens is 416 g/mol. The van der Waals surface area contributed by atoms with Gasteiger partial charge >= 0.3 is 0 Å². The second kappa shape index (κ2) is 7.69. The molecule has 158 valence electrons. The fraction of sp³-hybridized carbons (Fsp3) is 0.0435. The van der Waals surface area contributed by atoms with Gasteiger partial charge in [0.25, 0.3) is 5.56 Å². The number of para-hydroxylation sites is 2. The predicted octanol–water partition coefficient (Wildman–Crippen LogP) is 3.63. The maximum atomic E-state index is 14.0. The third-order valence-corrected chi connectivity index (χ3v) is 5.02. The number of rotatable bonds is 4. The highest BCUT2D eigenvalue weighted by Crippen LogP contribution is 2.22. The number of carbonyl (C=O) groups is 1. The highest BCUT2D eigenvalue weighted by molar-refractivity contribution is 5.93. The number of nitrogens with zero attached hydrogens (tertiary/aromatic N) is 4. The molecule has 2 aromatic carbocycles. The standard InChI is InChI=1S/C23H15F2N5O2/c24-15-7-8-16(25)18(10-15)27-21(31)13-29-19-5-1-2-6-20(19)30-22(32)11-17(28-23(29)30)14-4-3-9-26-12-14/h1-12H,13H2,(H,27,31). The summed E-state index contributed by atoms with van der Waals surface area (Å²) in [6.07, 6.45) is 3.20. The molecule has 5 aromatic rings. The molecule has 5 rings (SSSR count). The van der Waals surface area contributed by atoms with Crippen molar-refractivity contribution in [3.8, 4) is 11.3 Å². The molecule has 9 heteroatoms. The molecule has 0 aliphatic heterocycles. The lowest BCUT2D eigenvalue weighted by Gasteiger charge is -2.09. The topological polar surface area (TPSA) is 81.3 Å². The first-order valence-corrected chi connectivity index (χ1v) is 9.67. The Labute approximate surface area is 179 Å². The molecule has 1 amide bonds. The molecule has 0 atom stereocenters. The first kappa shape index (κ1) is 19.6. The smallest absolute Gasteiger partial charge is 0.260 e. The molecule has 0 aliphatic carbocycles. The minimum Gasteiger partial charge on any atom is -0.322 e. The second-order valence-corrected chi connectivity index (χ2v) is 7.10. The number of pyridine rings is 1. The van der Waals surface area contributed by atoms with Gasteiger partial charge in [0.1, 0.15) is 18.2 Å². The number of anilines is 1. The van der Waals surface area contributed by atoms with Gasteiger partial charge in [0.2, 0.25) is 11.7 Å². The van der Waals surface area contributed by atoms with E-state index < -0.39 is 17.5 Å². The van der Waals surface area contributed by atoms with Crippen LogP contribution >= 0.6 is 0 Å². The molecule has 0 aliphatic rings. The molecule has 0 unspecified atom stereocenters. The summed E-state index contributed by atoms with van der Waals surface area (Å²) in [5.41, 5.74) is 1.63. The second-order valence-electron chi connectivity index (χ2n) is 7.10. The summed E-state index contributed by atoms with van der Waals surface area (Å²) >= 11 is 0. The monoisotopic (exact) mass is 431 g/mol. The van der Waals surface area contributed by atoms with Crippen molar-refractivity contribution in [2.24, 2.45) is 0 Å². The first-order chi connectivity index (χ1) is 15.5. The summed E-state index contributed by atoms with van der Waals surface area (Å²) in [6, 6.07) is 14.8. The van der Waals surface area contributed by atoms with Crippen LogP contribution in [0.15, 0.2) is 77.9 Å². The number of imidazole rings is 1. The van der Waals surface area contributed by atoms with Crippen molar-refractivity contribution in [3.05, 3.63) is 95.0 Å². The van der Waals surface area contributed by atoms with E-state index in [-0.39, 0.29) is 23.6 Å². The van der Waals surface area contributed by atoms with E-state index in [2.05, 4.69) is 15.3 Å². The van der Waals surface area contributed by atoms with Gasteiger partial charge in [0, 0.05) is 30.1 Å². The molecular formula is C23H15F2N5O2. The highest BCUT2D eigenvalue weighted by atomic mass is 19.1. The van der Waals surface area contributed by atoms with Crippen molar-refractivity contribution in [3.63, 3.8) is 0 Å². The Bertz CT molecular complexity index is 1540. The number of amides is 1. The summed E-state index contributed by atoms with van der Waals surface area (Å²) in [5, 5.41) is 2.38. The molecule has 0 spiro atoms. The van der Waals surface area contributed by atoms with Crippen LogP contribution in [0.1, 0.15) is 0 Å². The Balaban J connectivity index is 1.64. The fourth-order valence-electron chi connectivity index (χ4n) is 3.61. The van der Waals surface area contributed by atoms with E-state index in [0.717, 1.165) is 18.2 Å². The van der Waals surface area contributed by atoms with Crippen LogP contribution in [0.2, 0.25) is 0 Å². The Morgan fingerprint density at radius 3 is 2.59 bits per heavy atom. The number of halogens is 2. The number of hydrogen-bond acceptors (Lipinski definition) is 4. The summed E-state index contributed by atoms with van der Waals surface area (Å²) < 4.78 is 30.4. The van der Waals surface area contributed by atoms with Gasteiger partial charge in [-0.2, -0.15) is 0 Å². The van der Waals surface area contributed by atoms with E-state index >= 15 is 0 Å². The van der Waals surface area contributed by atoms with E-state index in [4.69, 9.17) is 0 Å². The lowest BCUT2D eigenvalue weighted by atomic mass is 10.2. The van der Waals surface area contributed by atoms with Crippen LogP contribution in [0.25, 0.3) is 28.1 Å². The van der Waals surface area contributed by atoms with Crippen LogP contribution in [0.4, 0.5) is 14.5 Å². The Hall–Kier alpha value is -4.40. The Kier molecular flexibility index (Phi) is 4.70. The van der Waals surface area contributed by atoms with Gasteiger partial charge in [0.15, 0.2) is 0 Å². The Morgan fingerprint density at radius 2 is 1.81 bits per heavy atom. The van der Waals surface area contributed by atoms with Gasteiger partial charge < -0.3 is 9.88 Å². The number of benzene rings is 2. The van der Waals surface area contributed by atoms with Gasteiger partial charge in [-0.05, 0) is 36.4 Å².